The number of carbonyl (C=O) groups is 1. The molecule has 1 fully saturated rings. The summed E-state index contributed by atoms with van der Waals surface area (Å²) in [7, 11) is 0. The van der Waals surface area contributed by atoms with Crippen molar-refractivity contribution in [1.82, 2.24) is 5.32 Å². The van der Waals surface area contributed by atoms with Crippen molar-refractivity contribution >= 4 is 18.5 Å². The second-order valence-corrected chi connectivity index (χ2v) is 3.14. The number of ether oxygens (including phenoxy) is 1. The third-order valence-electron chi connectivity index (χ3n) is 2.21. The Balaban J connectivity index is 0.00000112. The van der Waals surface area contributed by atoms with Gasteiger partial charge in [-0.2, -0.15) is 0 Å². The summed E-state index contributed by atoms with van der Waals surface area (Å²) in [5.41, 5.74) is 0.518. The number of rotatable bonds is 1. The van der Waals surface area contributed by atoms with E-state index in [1.807, 2.05) is 0 Å². The van der Waals surface area contributed by atoms with Gasteiger partial charge in [0.1, 0.15) is 5.82 Å². The van der Waals surface area contributed by atoms with Crippen molar-refractivity contribution in [2.45, 2.75) is 12.5 Å². The highest BCUT2D eigenvalue weighted by Gasteiger charge is 2.22. The maximum absolute atomic E-state index is 13.3. The molecule has 1 heterocycles. The second-order valence-electron chi connectivity index (χ2n) is 3.14. The van der Waals surface area contributed by atoms with Crippen LogP contribution in [0.1, 0.15) is 18.0 Å². The van der Waals surface area contributed by atoms with E-state index in [1.54, 1.807) is 18.2 Å². The van der Waals surface area contributed by atoms with Gasteiger partial charge in [0.05, 0.1) is 12.6 Å². The van der Waals surface area contributed by atoms with Crippen LogP contribution >= 0.6 is 12.4 Å². The normalized spacial score (nSPS) is 19.8. The molecule has 0 unspecified atom stereocenters. The molecule has 1 aromatic carbocycles. The molecule has 5 heteroatoms. The average molecular weight is 232 g/mol. The smallest absolute Gasteiger partial charge is 0.407 e. The quantitative estimate of drug-likeness (QED) is 0.806. The fourth-order valence-electron chi connectivity index (χ4n) is 1.52. The van der Waals surface area contributed by atoms with E-state index in [-0.39, 0.29) is 24.3 Å². The number of benzene rings is 1. The monoisotopic (exact) mass is 231 g/mol. The van der Waals surface area contributed by atoms with Crippen molar-refractivity contribution in [3.8, 4) is 0 Å². The van der Waals surface area contributed by atoms with Crippen LogP contribution in [0.5, 0.6) is 0 Å². The van der Waals surface area contributed by atoms with Gasteiger partial charge >= 0.3 is 6.09 Å². The number of alkyl carbamates (subject to hydrolysis) is 1. The summed E-state index contributed by atoms with van der Waals surface area (Å²) >= 11 is 0. The summed E-state index contributed by atoms with van der Waals surface area (Å²) in [6.45, 7) is 0.338. The molecule has 1 amide bonds. The molecular weight excluding hydrogens is 221 g/mol. The van der Waals surface area contributed by atoms with Crippen molar-refractivity contribution < 1.29 is 13.9 Å². The van der Waals surface area contributed by atoms with Crippen molar-refractivity contribution in [3.63, 3.8) is 0 Å². The van der Waals surface area contributed by atoms with E-state index in [2.05, 4.69) is 5.32 Å². The summed E-state index contributed by atoms with van der Waals surface area (Å²) in [5, 5.41) is 2.57. The van der Waals surface area contributed by atoms with Crippen molar-refractivity contribution in [3.05, 3.63) is 35.6 Å². The number of carbonyl (C=O) groups excluding carboxylic acids is 1. The number of cyclic esters (lactones) is 1. The second kappa shape index (κ2) is 4.98. The highest BCUT2D eigenvalue weighted by Crippen LogP contribution is 2.22. The van der Waals surface area contributed by atoms with Crippen LogP contribution in [0, 0.1) is 5.82 Å². The standard InChI is InChI=1S/C10H10FNO2.ClH/c11-8-4-2-1-3-7(8)9-5-6-14-10(13)12-9;/h1-4,9H,5-6H2,(H,12,13);1H/t9-;/m1./s1. The third-order valence-corrected chi connectivity index (χ3v) is 2.21. The molecule has 82 valence electrons. The molecule has 1 aliphatic heterocycles. The fourth-order valence-corrected chi connectivity index (χ4v) is 1.52. The summed E-state index contributed by atoms with van der Waals surface area (Å²) in [6.07, 6.45) is 0.122. The molecule has 0 saturated carbocycles. The highest BCUT2D eigenvalue weighted by atomic mass is 35.5. The number of hydrogen-bond acceptors (Lipinski definition) is 2. The zero-order valence-electron chi connectivity index (χ0n) is 7.90. The average Bonchev–Trinajstić information content (AvgIpc) is 2.18. The predicted molar refractivity (Wildman–Crippen MR) is 55.5 cm³/mol. The van der Waals surface area contributed by atoms with Crippen LogP contribution in [0.15, 0.2) is 24.3 Å². The Hall–Kier alpha value is -1.29. The van der Waals surface area contributed by atoms with Gasteiger partial charge in [-0.05, 0) is 6.07 Å². The zero-order valence-corrected chi connectivity index (χ0v) is 8.72. The maximum Gasteiger partial charge on any atom is 0.407 e. The topological polar surface area (TPSA) is 38.3 Å². The molecule has 1 aliphatic rings. The number of amides is 1. The lowest BCUT2D eigenvalue weighted by atomic mass is 10.0. The summed E-state index contributed by atoms with van der Waals surface area (Å²) < 4.78 is 18.0. The molecule has 0 spiro atoms. The first-order valence-electron chi connectivity index (χ1n) is 4.45. The molecule has 0 radical (unpaired) electrons. The van der Waals surface area contributed by atoms with Crippen LogP contribution in [-0.2, 0) is 4.74 Å². The van der Waals surface area contributed by atoms with Crippen LogP contribution in [0.25, 0.3) is 0 Å². The van der Waals surface area contributed by atoms with E-state index in [9.17, 15) is 9.18 Å². The van der Waals surface area contributed by atoms with E-state index in [4.69, 9.17) is 4.74 Å². The Labute approximate surface area is 93.0 Å². The lowest BCUT2D eigenvalue weighted by molar-refractivity contribution is 0.115. The first kappa shape index (κ1) is 11.8. The van der Waals surface area contributed by atoms with E-state index < -0.39 is 6.09 Å². The van der Waals surface area contributed by atoms with Gasteiger partial charge in [-0.25, -0.2) is 9.18 Å². The van der Waals surface area contributed by atoms with Gasteiger partial charge in [-0.15, -0.1) is 12.4 Å². The summed E-state index contributed by atoms with van der Waals surface area (Å²) in [5.74, 6) is -0.292. The third kappa shape index (κ3) is 2.59. The van der Waals surface area contributed by atoms with E-state index in [0.29, 0.717) is 18.6 Å². The molecule has 1 N–H and O–H groups in total. The Kier molecular flexibility index (Phi) is 3.91. The number of hydrogen-bond donors (Lipinski definition) is 1. The Morgan fingerprint density at radius 1 is 1.40 bits per heavy atom. The zero-order chi connectivity index (χ0) is 9.97. The van der Waals surface area contributed by atoms with Gasteiger partial charge < -0.3 is 10.1 Å². The molecule has 0 aromatic heterocycles. The van der Waals surface area contributed by atoms with Crippen LogP contribution in [-0.4, -0.2) is 12.7 Å². The molecule has 2 rings (SSSR count). The minimum atomic E-state index is -0.482. The summed E-state index contributed by atoms with van der Waals surface area (Å²) in [4.78, 5) is 10.9. The molecule has 3 nitrogen and oxygen atoms in total. The van der Waals surface area contributed by atoms with Crippen molar-refractivity contribution in [1.29, 1.82) is 0 Å². The molecule has 1 saturated heterocycles. The number of nitrogens with one attached hydrogen (secondary N) is 1. The summed E-state index contributed by atoms with van der Waals surface area (Å²) in [6, 6.07) is 6.17. The van der Waals surface area contributed by atoms with E-state index in [0.717, 1.165) is 0 Å². The van der Waals surface area contributed by atoms with E-state index in [1.165, 1.54) is 6.07 Å². The van der Waals surface area contributed by atoms with Gasteiger partial charge in [-0.3, -0.25) is 0 Å². The molecular formula is C10H11ClFNO2. The van der Waals surface area contributed by atoms with Gasteiger partial charge in [0.15, 0.2) is 0 Å². The highest BCUT2D eigenvalue weighted by molar-refractivity contribution is 5.85. The maximum atomic E-state index is 13.3. The van der Waals surface area contributed by atoms with Crippen molar-refractivity contribution in [2.24, 2.45) is 0 Å². The number of halogens is 2. The van der Waals surface area contributed by atoms with Gasteiger partial charge in [0.25, 0.3) is 0 Å². The lowest BCUT2D eigenvalue weighted by Gasteiger charge is -2.23. The first-order valence-corrected chi connectivity index (χ1v) is 4.45. The lowest BCUT2D eigenvalue weighted by Crippen LogP contribution is -2.35. The fraction of sp³-hybridized carbons (Fsp3) is 0.300. The SMILES string of the molecule is Cl.O=C1N[C@@H](c2ccccc2F)CCO1. The Bertz CT molecular complexity index is 359. The Morgan fingerprint density at radius 2 is 2.13 bits per heavy atom. The Morgan fingerprint density at radius 3 is 2.80 bits per heavy atom. The minimum absolute atomic E-state index is 0. The van der Waals surface area contributed by atoms with Crippen LogP contribution in [0.4, 0.5) is 9.18 Å². The molecule has 1 aromatic rings. The molecule has 1 atom stereocenters. The molecule has 0 bridgehead atoms. The van der Waals surface area contributed by atoms with Crippen LogP contribution < -0.4 is 5.32 Å². The predicted octanol–water partition coefficient (Wildman–Crippen LogP) is 2.42. The van der Waals surface area contributed by atoms with Gasteiger partial charge in [0, 0.05) is 12.0 Å². The van der Waals surface area contributed by atoms with Crippen molar-refractivity contribution in [2.75, 3.05) is 6.61 Å². The van der Waals surface area contributed by atoms with Gasteiger partial charge in [-0.1, -0.05) is 18.2 Å². The van der Waals surface area contributed by atoms with Crippen LogP contribution in [0.2, 0.25) is 0 Å². The molecule has 0 aliphatic carbocycles. The molecule has 15 heavy (non-hydrogen) atoms. The first-order chi connectivity index (χ1) is 6.77. The van der Waals surface area contributed by atoms with Crippen LogP contribution in [0.3, 0.4) is 0 Å². The van der Waals surface area contributed by atoms with E-state index >= 15 is 0 Å². The van der Waals surface area contributed by atoms with Gasteiger partial charge in [0.2, 0.25) is 0 Å². The minimum Gasteiger partial charge on any atom is -0.449 e. The largest absolute Gasteiger partial charge is 0.449 e.